The van der Waals surface area contributed by atoms with Crippen LogP contribution in [0.15, 0.2) is 17.8 Å². The highest BCUT2D eigenvalue weighted by Gasteiger charge is 2.13. The van der Waals surface area contributed by atoms with Gasteiger partial charge in [0.25, 0.3) is 0 Å². The van der Waals surface area contributed by atoms with Crippen molar-refractivity contribution in [3.8, 4) is 6.07 Å². The van der Waals surface area contributed by atoms with E-state index in [0.717, 1.165) is 6.42 Å². The fourth-order valence-corrected chi connectivity index (χ4v) is 0.697. The van der Waals surface area contributed by atoms with Gasteiger partial charge >= 0.3 is 0 Å². The van der Waals surface area contributed by atoms with E-state index in [2.05, 4.69) is 31.5 Å². The molecule has 2 nitrogen and oxygen atoms in total. The molecular weight excluding hydrogens is 136 g/mol. The van der Waals surface area contributed by atoms with E-state index in [1.54, 1.807) is 0 Å². The molecule has 0 fully saturated rings. The van der Waals surface area contributed by atoms with E-state index in [-0.39, 0.29) is 5.41 Å². The lowest BCUT2D eigenvalue weighted by molar-refractivity contribution is 0.495. The summed E-state index contributed by atoms with van der Waals surface area (Å²) in [5, 5.41) is 8.34. The fourth-order valence-electron chi connectivity index (χ4n) is 0.697. The van der Waals surface area contributed by atoms with Gasteiger partial charge < -0.3 is 0 Å². The van der Waals surface area contributed by atoms with Crippen LogP contribution >= 0.6 is 0 Å². The molecule has 2 heteroatoms. The zero-order valence-electron chi connectivity index (χ0n) is 7.17. The van der Waals surface area contributed by atoms with Gasteiger partial charge in [-0.3, -0.25) is 4.99 Å². The van der Waals surface area contributed by atoms with Crippen LogP contribution in [0.4, 0.5) is 0 Å². The summed E-state index contributed by atoms with van der Waals surface area (Å²) in [5.41, 5.74) is 0.0178. The number of hydrogen-bond donors (Lipinski definition) is 0. The van der Waals surface area contributed by atoms with E-state index in [4.69, 9.17) is 5.26 Å². The van der Waals surface area contributed by atoms with E-state index in [0.29, 0.717) is 6.42 Å². The zero-order chi connectivity index (χ0) is 8.74. The van der Waals surface area contributed by atoms with Gasteiger partial charge in [0.1, 0.15) is 0 Å². The molecule has 60 valence electrons. The molecule has 0 unspecified atom stereocenters. The molecule has 0 rings (SSSR count). The molecule has 0 aromatic heterocycles. The first-order chi connectivity index (χ1) is 5.12. The van der Waals surface area contributed by atoms with E-state index < -0.39 is 0 Å². The molecule has 0 saturated carbocycles. The third kappa shape index (κ3) is 5.35. The molecule has 0 radical (unpaired) electrons. The summed E-state index contributed by atoms with van der Waals surface area (Å²) in [6.45, 7) is 7.59. The van der Waals surface area contributed by atoms with E-state index >= 15 is 0 Å². The first kappa shape index (κ1) is 9.90. The molecule has 0 spiro atoms. The zero-order valence-corrected chi connectivity index (χ0v) is 7.17. The second-order valence-corrected chi connectivity index (χ2v) is 3.11. The normalized spacial score (nSPS) is 11.4. The first-order valence-electron chi connectivity index (χ1n) is 3.64. The van der Waals surface area contributed by atoms with Crippen molar-refractivity contribution in [2.45, 2.75) is 26.7 Å². The molecule has 0 N–H and O–H groups in total. The Labute approximate surface area is 68.3 Å². The minimum absolute atomic E-state index is 0.0178. The average Bonchev–Trinajstić information content (AvgIpc) is 1.97. The van der Waals surface area contributed by atoms with Gasteiger partial charge in [0, 0.05) is 24.3 Å². The maximum absolute atomic E-state index is 8.34. The highest BCUT2D eigenvalue weighted by atomic mass is 14.7. The van der Waals surface area contributed by atoms with Crippen molar-refractivity contribution in [3.05, 3.63) is 12.8 Å². The van der Waals surface area contributed by atoms with E-state index in [1.165, 1.54) is 6.20 Å². The van der Waals surface area contributed by atoms with Crippen LogP contribution in [-0.4, -0.2) is 6.21 Å². The Kier molecular flexibility index (Phi) is 4.21. The van der Waals surface area contributed by atoms with E-state index in [1.807, 2.05) is 6.21 Å². The maximum atomic E-state index is 8.34. The van der Waals surface area contributed by atoms with Crippen LogP contribution in [-0.2, 0) is 0 Å². The van der Waals surface area contributed by atoms with Crippen molar-refractivity contribution in [1.29, 1.82) is 5.26 Å². The fraction of sp³-hybridized carbons (Fsp3) is 0.556. The number of rotatable bonds is 4. The Bertz CT molecular complexity index is 184. The first-order valence-corrected chi connectivity index (χ1v) is 3.64. The molecule has 0 atom stereocenters. The van der Waals surface area contributed by atoms with Crippen molar-refractivity contribution in [2.75, 3.05) is 0 Å². The lowest BCUT2D eigenvalue weighted by Crippen LogP contribution is -2.12. The van der Waals surface area contributed by atoms with Gasteiger partial charge in [-0.05, 0) is 6.42 Å². The van der Waals surface area contributed by atoms with Crippen molar-refractivity contribution in [3.63, 3.8) is 0 Å². The van der Waals surface area contributed by atoms with Gasteiger partial charge in [0.05, 0.1) is 6.07 Å². The van der Waals surface area contributed by atoms with Gasteiger partial charge in [-0.25, -0.2) is 0 Å². The summed E-state index contributed by atoms with van der Waals surface area (Å²) in [4.78, 5) is 3.93. The molecule has 11 heavy (non-hydrogen) atoms. The molecule has 0 aromatic rings. The monoisotopic (exact) mass is 150 g/mol. The van der Waals surface area contributed by atoms with Crippen LogP contribution < -0.4 is 0 Å². The van der Waals surface area contributed by atoms with Crippen molar-refractivity contribution < 1.29 is 0 Å². The Morgan fingerprint density at radius 1 is 1.64 bits per heavy atom. The highest BCUT2D eigenvalue weighted by molar-refractivity contribution is 5.65. The summed E-state index contributed by atoms with van der Waals surface area (Å²) in [5.74, 6) is 0. The molecule has 0 aliphatic carbocycles. The standard InChI is InChI=1S/C9H14N2/c1-4-11-8-9(2,3)6-5-7-10/h4,8H,1,5-6H2,2-3H3/b11-8+. The van der Waals surface area contributed by atoms with Crippen LogP contribution in [0, 0.1) is 16.7 Å². The SMILES string of the molecule is C=C/N=C/C(C)(C)CCC#N. The Hall–Kier alpha value is -1.10. The van der Waals surface area contributed by atoms with Crippen LogP contribution in [0.5, 0.6) is 0 Å². The number of nitrogens with zero attached hydrogens (tertiary/aromatic N) is 2. The van der Waals surface area contributed by atoms with Gasteiger partial charge in [-0.2, -0.15) is 5.26 Å². The number of hydrogen-bond acceptors (Lipinski definition) is 2. The third-order valence-electron chi connectivity index (χ3n) is 1.41. The molecule has 0 bridgehead atoms. The average molecular weight is 150 g/mol. The summed E-state index contributed by atoms with van der Waals surface area (Å²) >= 11 is 0. The van der Waals surface area contributed by atoms with Crippen LogP contribution in [0.1, 0.15) is 26.7 Å². The Morgan fingerprint density at radius 2 is 2.27 bits per heavy atom. The largest absolute Gasteiger partial charge is 0.269 e. The predicted octanol–water partition coefficient (Wildman–Crippen LogP) is 2.53. The van der Waals surface area contributed by atoms with Crippen LogP contribution in [0.3, 0.4) is 0 Å². The Morgan fingerprint density at radius 3 is 2.73 bits per heavy atom. The van der Waals surface area contributed by atoms with Crippen molar-refractivity contribution in [2.24, 2.45) is 10.4 Å². The lowest BCUT2D eigenvalue weighted by atomic mass is 9.90. The summed E-state index contributed by atoms with van der Waals surface area (Å²) in [7, 11) is 0. The molecule has 0 aliphatic heterocycles. The van der Waals surface area contributed by atoms with Gasteiger partial charge in [0.2, 0.25) is 0 Å². The molecular formula is C9H14N2. The topological polar surface area (TPSA) is 36.1 Å². The minimum atomic E-state index is 0.0178. The van der Waals surface area contributed by atoms with Gasteiger partial charge in [0.15, 0.2) is 0 Å². The van der Waals surface area contributed by atoms with E-state index in [9.17, 15) is 0 Å². The maximum Gasteiger partial charge on any atom is 0.0622 e. The molecule has 0 amide bonds. The summed E-state index contributed by atoms with van der Waals surface area (Å²) in [6, 6.07) is 2.11. The van der Waals surface area contributed by atoms with Gasteiger partial charge in [-0.1, -0.05) is 20.4 Å². The molecule has 0 heterocycles. The van der Waals surface area contributed by atoms with Gasteiger partial charge in [-0.15, -0.1) is 0 Å². The minimum Gasteiger partial charge on any atom is -0.269 e. The highest BCUT2D eigenvalue weighted by Crippen LogP contribution is 2.18. The molecule has 0 saturated heterocycles. The third-order valence-corrected chi connectivity index (χ3v) is 1.41. The van der Waals surface area contributed by atoms with Crippen LogP contribution in [0.25, 0.3) is 0 Å². The lowest BCUT2D eigenvalue weighted by Gasteiger charge is -2.15. The molecule has 0 aromatic carbocycles. The van der Waals surface area contributed by atoms with Crippen molar-refractivity contribution >= 4 is 6.21 Å². The summed E-state index contributed by atoms with van der Waals surface area (Å²) in [6.07, 6.45) is 4.77. The quantitative estimate of drug-likeness (QED) is 0.567. The second kappa shape index (κ2) is 4.68. The van der Waals surface area contributed by atoms with Crippen LogP contribution in [0.2, 0.25) is 0 Å². The number of nitriles is 1. The smallest absolute Gasteiger partial charge is 0.0622 e. The summed E-state index contributed by atoms with van der Waals surface area (Å²) < 4.78 is 0. The predicted molar refractivity (Wildman–Crippen MR) is 47.3 cm³/mol. The van der Waals surface area contributed by atoms with Crippen molar-refractivity contribution in [1.82, 2.24) is 0 Å². The second-order valence-electron chi connectivity index (χ2n) is 3.11. The Balaban J connectivity index is 3.90. The molecule has 0 aliphatic rings. The number of aliphatic imine (C=N–C) groups is 1.